The standard InChI is InChI=1S/C14H18F2N2O3/c1-9(11-8-10(15)5-6-12(11)16)18(2)14(21)17-7-3-4-13(19)20/h5-6,8-9H,3-4,7H2,1-2H3,(H,17,21)(H,19,20). The van der Waals surface area contributed by atoms with Gasteiger partial charge in [0.25, 0.3) is 0 Å². The minimum Gasteiger partial charge on any atom is -0.481 e. The summed E-state index contributed by atoms with van der Waals surface area (Å²) < 4.78 is 26.8. The molecule has 5 nitrogen and oxygen atoms in total. The quantitative estimate of drug-likeness (QED) is 0.793. The van der Waals surface area contributed by atoms with Crippen molar-refractivity contribution in [1.29, 1.82) is 0 Å². The summed E-state index contributed by atoms with van der Waals surface area (Å²) in [6.07, 6.45) is 0.260. The van der Waals surface area contributed by atoms with E-state index in [4.69, 9.17) is 5.11 Å². The van der Waals surface area contributed by atoms with Gasteiger partial charge in [-0.2, -0.15) is 0 Å². The van der Waals surface area contributed by atoms with E-state index in [1.54, 1.807) is 6.92 Å². The van der Waals surface area contributed by atoms with Crippen LogP contribution in [0.1, 0.15) is 31.4 Å². The second kappa shape index (κ2) is 7.56. The Balaban J connectivity index is 2.60. The number of urea groups is 1. The van der Waals surface area contributed by atoms with E-state index < -0.39 is 29.7 Å². The summed E-state index contributed by atoms with van der Waals surface area (Å²) in [6, 6.07) is 1.95. The van der Waals surface area contributed by atoms with Crippen LogP contribution in [0.3, 0.4) is 0 Å². The molecule has 0 spiro atoms. The highest BCUT2D eigenvalue weighted by Gasteiger charge is 2.20. The molecule has 1 unspecified atom stereocenters. The number of carboxylic acids is 1. The number of aliphatic carboxylic acids is 1. The third-order valence-electron chi connectivity index (χ3n) is 3.15. The molecule has 2 N–H and O–H groups in total. The van der Waals surface area contributed by atoms with Crippen molar-refractivity contribution in [2.24, 2.45) is 0 Å². The number of hydrogen-bond donors (Lipinski definition) is 2. The Kier molecular flexibility index (Phi) is 6.08. The van der Waals surface area contributed by atoms with Gasteiger partial charge in [-0.25, -0.2) is 13.6 Å². The van der Waals surface area contributed by atoms with E-state index in [0.29, 0.717) is 6.42 Å². The number of halogens is 2. The zero-order chi connectivity index (χ0) is 16.0. The van der Waals surface area contributed by atoms with Crippen LogP contribution in [0.5, 0.6) is 0 Å². The lowest BCUT2D eigenvalue weighted by Crippen LogP contribution is -2.39. The average Bonchev–Trinajstić information content (AvgIpc) is 2.44. The minimum absolute atomic E-state index is 0.0436. The molecule has 0 fully saturated rings. The Morgan fingerprint density at radius 3 is 2.67 bits per heavy atom. The van der Waals surface area contributed by atoms with Crippen molar-refractivity contribution in [2.75, 3.05) is 13.6 Å². The zero-order valence-corrected chi connectivity index (χ0v) is 11.9. The molecule has 1 aromatic rings. The molecule has 0 aliphatic heterocycles. The fraction of sp³-hybridized carbons (Fsp3) is 0.429. The predicted octanol–water partition coefficient (Wildman–Crippen LogP) is 2.53. The van der Waals surface area contributed by atoms with Crippen molar-refractivity contribution in [2.45, 2.75) is 25.8 Å². The van der Waals surface area contributed by atoms with Gasteiger partial charge in [0.05, 0.1) is 6.04 Å². The van der Waals surface area contributed by atoms with Crippen LogP contribution in [0.4, 0.5) is 13.6 Å². The van der Waals surface area contributed by atoms with Crippen LogP contribution >= 0.6 is 0 Å². The molecule has 0 radical (unpaired) electrons. The average molecular weight is 300 g/mol. The normalized spacial score (nSPS) is 11.8. The van der Waals surface area contributed by atoms with Gasteiger partial charge in [0.15, 0.2) is 0 Å². The lowest BCUT2D eigenvalue weighted by atomic mass is 10.1. The Labute approximate surface area is 121 Å². The molecule has 116 valence electrons. The molecule has 7 heteroatoms. The number of carboxylic acid groups (broad SMARTS) is 1. The summed E-state index contributed by atoms with van der Waals surface area (Å²) in [7, 11) is 1.46. The van der Waals surface area contributed by atoms with Crippen LogP contribution in [0.2, 0.25) is 0 Å². The molecule has 1 atom stereocenters. The SMILES string of the molecule is CC(c1cc(F)ccc1F)N(C)C(=O)NCCCC(=O)O. The molecule has 1 rings (SSSR count). The molecular weight excluding hydrogens is 282 g/mol. The first kappa shape index (κ1) is 16.9. The van der Waals surface area contributed by atoms with Crippen molar-refractivity contribution in [3.05, 3.63) is 35.4 Å². The van der Waals surface area contributed by atoms with Gasteiger partial charge in [0.1, 0.15) is 11.6 Å². The van der Waals surface area contributed by atoms with Crippen LogP contribution in [0.15, 0.2) is 18.2 Å². The van der Waals surface area contributed by atoms with E-state index in [2.05, 4.69) is 5.32 Å². The van der Waals surface area contributed by atoms with Crippen LogP contribution in [0, 0.1) is 11.6 Å². The first-order chi connectivity index (χ1) is 9.82. The molecule has 0 heterocycles. The molecular formula is C14H18F2N2O3. The van der Waals surface area contributed by atoms with Crippen LogP contribution in [-0.2, 0) is 4.79 Å². The second-order valence-corrected chi connectivity index (χ2v) is 4.68. The van der Waals surface area contributed by atoms with Crippen LogP contribution in [0.25, 0.3) is 0 Å². The Morgan fingerprint density at radius 1 is 1.38 bits per heavy atom. The monoisotopic (exact) mass is 300 g/mol. The highest BCUT2D eigenvalue weighted by Crippen LogP contribution is 2.22. The van der Waals surface area contributed by atoms with Gasteiger partial charge < -0.3 is 15.3 Å². The molecule has 0 bridgehead atoms. The van der Waals surface area contributed by atoms with Crippen molar-refractivity contribution in [1.82, 2.24) is 10.2 Å². The van der Waals surface area contributed by atoms with Crippen molar-refractivity contribution in [3.63, 3.8) is 0 Å². The van der Waals surface area contributed by atoms with Gasteiger partial charge in [-0.05, 0) is 31.5 Å². The Hall–Kier alpha value is -2.18. The Bertz CT molecular complexity index is 523. The second-order valence-electron chi connectivity index (χ2n) is 4.68. The number of carbonyl (C=O) groups is 2. The number of nitrogens with one attached hydrogen (secondary N) is 1. The van der Waals surface area contributed by atoms with E-state index in [1.165, 1.54) is 11.9 Å². The van der Waals surface area contributed by atoms with Crippen molar-refractivity contribution >= 4 is 12.0 Å². The van der Waals surface area contributed by atoms with E-state index in [0.717, 1.165) is 18.2 Å². The molecule has 0 aliphatic carbocycles. The minimum atomic E-state index is -0.937. The maximum Gasteiger partial charge on any atom is 0.317 e. The summed E-state index contributed by atoms with van der Waals surface area (Å²) in [6.45, 7) is 1.78. The largest absolute Gasteiger partial charge is 0.481 e. The zero-order valence-electron chi connectivity index (χ0n) is 11.9. The van der Waals surface area contributed by atoms with Crippen LogP contribution < -0.4 is 5.32 Å². The van der Waals surface area contributed by atoms with Crippen LogP contribution in [-0.4, -0.2) is 35.6 Å². The lowest BCUT2D eigenvalue weighted by Gasteiger charge is -2.26. The van der Waals surface area contributed by atoms with E-state index in [-0.39, 0.29) is 18.5 Å². The Morgan fingerprint density at radius 2 is 2.05 bits per heavy atom. The molecule has 0 saturated carbocycles. The molecule has 21 heavy (non-hydrogen) atoms. The maximum absolute atomic E-state index is 13.6. The summed E-state index contributed by atoms with van der Waals surface area (Å²) in [5.74, 6) is -2.10. The number of benzene rings is 1. The molecule has 0 saturated heterocycles. The number of carbonyl (C=O) groups excluding carboxylic acids is 1. The smallest absolute Gasteiger partial charge is 0.317 e. The summed E-state index contributed by atoms with van der Waals surface area (Å²) in [4.78, 5) is 23.4. The van der Waals surface area contributed by atoms with Gasteiger partial charge >= 0.3 is 12.0 Å². The first-order valence-electron chi connectivity index (χ1n) is 6.50. The van der Waals surface area contributed by atoms with Gasteiger partial charge in [0, 0.05) is 25.6 Å². The fourth-order valence-electron chi connectivity index (χ4n) is 1.78. The number of hydrogen-bond acceptors (Lipinski definition) is 2. The maximum atomic E-state index is 13.6. The fourth-order valence-corrected chi connectivity index (χ4v) is 1.78. The molecule has 0 aromatic heterocycles. The van der Waals surface area contributed by atoms with E-state index in [9.17, 15) is 18.4 Å². The van der Waals surface area contributed by atoms with Gasteiger partial charge in [-0.3, -0.25) is 4.79 Å². The number of rotatable bonds is 6. The number of amides is 2. The van der Waals surface area contributed by atoms with Gasteiger partial charge in [0.2, 0.25) is 0 Å². The van der Waals surface area contributed by atoms with Gasteiger partial charge in [-0.15, -0.1) is 0 Å². The predicted molar refractivity (Wildman–Crippen MR) is 72.8 cm³/mol. The summed E-state index contributed by atoms with van der Waals surface area (Å²) >= 11 is 0. The molecule has 2 amide bonds. The van der Waals surface area contributed by atoms with Gasteiger partial charge in [-0.1, -0.05) is 0 Å². The van der Waals surface area contributed by atoms with E-state index >= 15 is 0 Å². The summed E-state index contributed by atoms with van der Waals surface area (Å²) in [5.41, 5.74) is 0.0817. The highest BCUT2D eigenvalue weighted by atomic mass is 19.1. The number of nitrogens with zero attached hydrogens (tertiary/aromatic N) is 1. The summed E-state index contributed by atoms with van der Waals surface area (Å²) in [5, 5.41) is 11.0. The topological polar surface area (TPSA) is 69.6 Å². The third-order valence-corrected chi connectivity index (χ3v) is 3.15. The third kappa shape index (κ3) is 5.02. The highest BCUT2D eigenvalue weighted by molar-refractivity contribution is 5.74. The first-order valence-corrected chi connectivity index (χ1v) is 6.50. The molecule has 0 aliphatic rings. The van der Waals surface area contributed by atoms with Crippen molar-refractivity contribution < 1.29 is 23.5 Å². The van der Waals surface area contributed by atoms with Crippen molar-refractivity contribution in [3.8, 4) is 0 Å². The molecule has 1 aromatic carbocycles. The van der Waals surface area contributed by atoms with E-state index in [1.807, 2.05) is 0 Å². The lowest BCUT2D eigenvalue weighted by molar-refractivity contribution is -0.137.